The third-order valence-corrected chi connectivity index (χ3v) is 11.4. The fourth-order valence-electron chi connectivity index (χ4n) is 8.58. The molecule has 0 aliphatic rings. The van der Waals surface area contributed by atoms with Crippen molar-refractivity contribution >= 4 is 32.6 Å². The monoisotopic (exact) mass is 751 g/mol. The molecule has 0 aliphatic carbocycles. The van der Waals surface area contributed by atoms with Gasteiger partial charge in [0.05, 0.1) is 22.4 Å². The van der Waals surface area contributed by atoms with Gasteiger partial charge in [0.1, 0.15) is 0 Å². The number of hydrogen-bond acceptors (Lipinski definition) is 2. The van der Waals surface area contributed by atoms with Gasteiger partial charge in [-0.3, -0.25) is 0 Å². The van der Waals surface area contributed by atoms with Crippen molar-refractivity contribution in [3.05, 3.63) is 224 Å². The van der Waals surface area contributed by atoms with Gasteiger partial charge < -0.3 is 4.57 Å². The van der Waals surface area contributed by atoms with Gasteiger partial charge in [-0.1, -0.05) is 188 Å². The van der Waals surface area contributed by atoms with E-state index in [1.165, 1.54) is 49.6 Å². The maximum atomic E-state index is 5.26. The summed E-state index contributed by atoms with van der Waals surface area (Å²) in [5.74, 6) is 0.699. The molecule has 11 rings (SSSR count). The van der Waals surface area contributed by atoms with Crippen LogP contribution in [0.2, 0.25) is 0 Å². The second-order valence-electron chi connectivity index (χ2n) is 15.0. The van der Waals surface area contributed by atoms with Crippen molar-refractivity contribution in [1.29, 1.82) is 0 Å². The van der Waals surface area contributed by atoms with E-state index in [1.807, 2.05) is 24.3 Å². The van der Waals surface area contributed by atoms with Gasteiger partial charge >= 0.3 is 0 Å². The Morgan fingerprint density at radius 1 is 0.271 bits per heavy atom. The summed E-state index contributed by atoms with van der Waals surface area (Å²) in [6.07, 6.45) is 0. The lowest BCUT2D eigenvalue weighted by molar-refractivity contribution is 1.18. The molecule has 0 bridgehead atoms. The molecule has 3 heteroatoms. The first kappa shape index (κ1) is 34.4. The van der Waals surface area contributed by atoms with Crippen LogP contribution in [0, 0.1) is 0 Å². The summed E-state index contributed by atoms with van der Waals surface area (Å²) in [5.41, 5.74) is 15.4. The molecule has 0 fully saturated rings. The van der Waals surface area contributed by atoms with Crippen LogP contribution in [0.3, 0.4) is 0 Å². The van der Waals surface area contributed by atoms with Crippen LogP contribution < -0.4 is 0 Å². The molecule has 0 amide bonds. The first-order chi connectivity index (χ1) is 29.2. The molecule has 11 aromatic rings. The minimum atomic E-state index is 0.699. The van der Waals surface area contributed by atoms with Gasteiger partial charge in [0.25, 0.3) is 0 Å². The topological polar surface area (TPSA) is 30.7 Å². The number of benzene rings is 9. The van der Waals surface area contributed by atoms with Crippen LogP contribution in [0.15, 0.2) is 224 Å². The molecule has 2 heterocycles. The number of aromatic nitrogens is 3. The van der Waals surface area contributed by atoms with Crippen LogP contribution in [0.5, 0.6) is 0 Å². The van der Waals surface area contributed by atoms with Gasteiger partial charge in [-0.25, -0.2) is 9.97 Å². The second kappa shape index (κ2) is 14.6. The standard InChI is InChI=1S/C56H37N3/c1-4-16-38(17-5-1)40-28-30-41(31-29-40)52-37-53(58-56(57-52)42-20-8-3-9-21-42)49-33-32-46(47-22-10-11-23-48(47)49)44-34-43(39-18-6-2-7-19-39)35-45(36-44)59-54-26-14-12-24-50(54)51-25-13-15-27-55(51)59/h1-37H. The average Bonchev–Trinajstić information content (AvgIpc) is 3.66. The molecule has 0 N–H and O–H groups in total. The van der Waals surface area contributed by atoms with E-state index in [2.05, 4.69) is 205 Å². The zero-order chi connectivity index (χ0) is 39.1. The SMILES string of the molecule is c1ccc(-c2ccc(-c3cc(-c4ccc(-c5cc(-c6ccccc6)cc(-n6c7ccccc7c7ccccc76)c5)c5ccccc45)nc(-c4ccccc4)n3)cc2)cc1. The average molecular weight is 752 g/mol. The molecule has 0 saturated carbocycles. The summed E-state index contributed by atoms with van der Waals surface area (Å²) in [5, 5.41) is 4.79. The van der Waals surface area contributed by atoms with Crippen molar-refractivity contribution in [1.82, 2.24) is 14.5 Å². The minimum absolute atomic E-state index is 0.699. The van der Waals surface area contributed by atoms with E-state index in [-0.39, 0.29) is 0 Å². The van der Waals surface area contributed by atoms with Crippen molar-refractivity contribution in [3.63, 3.8) is 0 Å². The van der Waals surface area contributed by atoms with Crippen LogP contribution >= 0.6 is 0 Å². The number of hydrogen-bond donors (Lipinski definition) is 0. The van der Waals surface area contributed by atoms with E-state index < -0.39 is 0 Å². The second-order valence-corrected chi connectivity index (χ2v) is 15.0. The molecular weight excluding hydrogens is 715 g/mol. The smallest absolute Gasteiger partial charge is 0.160 e. The van der Waals surface area contributed by atoms with Gasteiger partial charge in [-0.2, -0.15) is 0 Å². The van der Waals surface area contributed by atoms with Gasteiger partial charge in [0.15, 0.2) is 5.82 Å². The number of nitrogens with zero attached hydrogens (tertiary/aromatic N) is 3. The Morgan fingerprint density at radius 3 is 1.34 bits per heavy atom. The predicted molar refractivity (Wildman–Crippen MR) is 246 cm³/mol. The van der Waals surface area contributed by atoms with Crippen LogP contribution in [0.1, 0.15) is 0 Å². The molecular formula is C56H37N3. The number of fused-ring (bicyclic) bond motifs is 4. The van der Waals surface area contributed by atoms with Crippen LogP contribution in [0.4, 0.5) is 0 Å². The third-order valence-electron chi connectivity index (χ3n) is 11.4. The summed E-state index contributed by atoms with van der Waals surface area (Å²) in [7, 11) is 0. The van der Waals surface area contributed by atoms with Crippen LogP contribution in [-0.2, 0) is 0 Å². The van der Waals surface area contributed by atoms with Gasteiger partial charge in [-0.15, -0.1) is 0 Å². The molecule has 0 unspecified atom stereocenters. The highest BCUT2D eigenvalue weighted by atomic mass is 15.0. The quantitative estimate of drug-likeness (QED) is 0.162. The fourth-order valence-corrected chi connectivity index (χ4v) is 8.58. The predicted octanol–water partition coefficient (Wildman–Crippen LogP) is 14.7. The molecule has 0 saturated heterocycles. The van der Waals surface area contributed by atoms with Gasteiger partial charge in [-0.05, 0) is 80.6 Å². The Morgan fingerprint density at radius 2 is 0.712 bits per heavy atom. The van der Waals surface area contributed by atoms with Crippen molar-refractivity contribution in [2.45, 2.75) is 0 Å². The van der Waals surface area contributed by atoms with Crippen LogP contribution in [0.25, 0.3) is 106 Å². The Kier molecular flexibility index (Phi) is 8.49. The summed E-state index contributed by atoms with van der Waals surface area (Å²) >= 11 is 0. The van der Waals surface area contributed by atoms with Crippen molar-refractivity contribution in [3.8, 4) is 73.0 Å². The van der Waals surface area contributed by atoms with Crippen molar-refractivity contribution in [2.75, 3.05) is 0 Å². The molecule has 0 radical (unpaired) electrons. The van der Waals surface area contributed by atoms with Gasteiger partial charge in [0.2, 0.25) is 0 Å². The van der Waals surface area contributed by atoms with Crippen LogP contribution in [-0.4, -0.2) is 14.5 Å². The zero-order valence-electron chi connectivity index (χ0n) is 32.2. The van der Waals surface area contributed by atoms with E-state index in [0.717, 1.165) is 50.1 Å². The molecule has 0 atom stereocenters. The maximum Gasteiger partial charge on any atom is 0.160 e. The van der Waals surface area contributed by atoms with E-state index in [0.29, 0.717) is 5.82 Å². The largest absolute Gasteiger partial charge is 0.309 e. The molecule has 59 heavy (non-hydrogen) atoms. The highest BCUT2D eigenvalue weighted by Gasteiger charge is 2.18. The molecule has 276 valence electrons. The highest BCUT2D eigenvalue weighted by Crippen LogP contribution is 2.41. The molecule has 3 nitrogen and oxygen atoms in total. The lowest BCUT2D eigenvalue weighted by Crippen LogP contribution is -1.97. The van der Waals surface area contributed by atoms with E-state index in [9.17, 15) is 0 Å². The molecule has 0 spiro atoms. The van der Waals surface area contributed by atoms with Gasteiger partial charge in [0, 0.05) is 33.2 Å². The zero-order valence-corrected chi connectivity index (χ0v) is 32.2. The fraction of sp³-hybridized carbons (Fsp3) is 0. The van der Waals surface area contributed by atoms with E-state index in [1.54, 1.807) is 0 Å². The lowest BCUT2D eigenvalue weighted by Gasteiger charge is -2.17. The normalized spacial score (nSPS) is 11.4. The Hall–Kier alpha value is -7.88. The number of para-hydroxylation sites is 2. The summed E-state index contributed by atoms with van der Waals surface area (Å²) in [6, 6.07) is 80.0. The molecule has 9 aromatic carbocycles. The minimum Gasteiger partial charge on any atom is -0.309 e. The van der Waals surface area contributed by atoms with E-state index >= 15 is 0 Å². The van der Waals surface area contributed by atoms with E-state index in [4.69, 9.17) is 9.97 Å². The maximum absolute atomic E-state index is 5.26. The van der Waals surface area contributed by atoms with Crippen molar-refractivity contribution in [2.24, 2.45) is 0 Å². The Labute approximate surface area is 343 Å². The molecule has 0 aliphatic heterocycles. The summed E-state index contributed by atoms with van der Waals surface area (Å²) < 4.78 is 2.41. The first-order valence-electron chi connectivity index (χ1n) is 20.1. The summed E-state index contributed by atoms with van der Waals surface area (Å²) in [6.45, 7) is 0. The molecule has 2 aromatic heterocycles. The third kappa shape index (κ3) is 6.26. The first-order valence-corrected chi connectivity index (χ1v) is 20.1. The number of rotatable bonds is 7. The highest BCUT2D eigenvalue weighted by molar-refractivity contribution is 6.10. The summed E-state index contributed by atoms with van der Waals surface area (Å²) in [4.78, 5) is 10.4. The Balaban J connectivity index is 1.10. The Bertz CT molecular complexity index is 3240. The lowest BCUT2D eigenvalue weighted by atomic mass is 9.91. The van der Waals surface area contributed by atoms with Crippen molar-refractivity contribution < 1.29 is 0 Å².